The van der Waals surface area contributed by atoms with Gasteiger partial charge in [0.2, 0.25) is 0 Å². The van der Waals surface area contributed by atoms with E-state index in [1.807, 2.05) is 70.6 Å². The Balaban J connectivity index is 1.47. The average molecular weight is 413 g/mol. The molecule has 0 saturated carbocycles. The van der Waals surface area contributed by atoms with E-state index in [1.54, 1.807) is 25.4 Å². The second-order valence-corrected chi connectivity index (χ2v) is 14.3. The molecule has 8 heteroatoms. The van der Waals surface area contributed by atoms with Crippen LogP contribution in [-0.2, 0) is 0 Å². The lowest BCUT2D eigenvalue weighted by Crippen LogP contribution is -1.76. The van der Waals surface area contributed by atoms with Gasteiger partial charge >= 0.3 is 0 Å². The van der Waals surface area contributed by atoms with Crippen LogP contribution in [-0.4, -0.2) is 23.0 Å². The van der Waals surface area contributed by atoms with Crippen LogP contribution in [0.3, 0.4) is 0 Å². The first-order valence-electron chi connectivity index (χ1n) is 6.35. The van der Waals surface area contributed by atoms with Crippen LogP contribution in [0.4, 0.5) is 0 Å². The summed E-state index contributed by atoms with van der Waals surface area (Å²) in [5.41, 5.74) is 0. The van der Waals surface area contributed by atoms with E-state index in [0.29, 0.717) is 0 Å². The number of thioether (sulfide) groups is 8. The van der Waals surface area contributed by atoms with Gasteiger partial charge in [0.1, 0.15) is 0 Å². The SMILES string of the molecule is C1CCSC(=C2SC3=C(S2)SC(=C2SCCS2)S3)SC1. The molecule has 2 fully saturated rings. The van der Waals surface area contributed by atoms with E-state index in [1.165, 1.54) is 35.9 Å². The van der Waals surface area contributed by atoms with Crippen molar-refractivity contribution < 1.29 is 0 Å². The molecule has 0 atom stereocenters. The van der Waals surface area contributed by atoms with Crippen LogP contribution >= 0.6 is 94.1 Å². The molecule has 20 heavy (non-hydrogen) atoms. The number of hydrogen-bond acceptors (Lipinski definition) is 8. The van der Waals surface area contributed by atoms with E-state index in [9.17, 15) is 0 Å². The molecule has 0 aromatic carbocycles. The van der Waals surface area contributed by atoms with Crippen molar-refractivity contribution in [2.45, 2.75) is 12.8 Å². The second kappa shape index (κ2) is 7.28. The highest BCUT2D eigenvalue weighted by Crippen LogP contribution is 2.70. The van der Waals surface area contributed by atoms with E-state index in [2.05, 4.69) is 23.5 Å². The summed E-state index contributed by atoms with van der Waals surface area (Å²) in [5.74, 6) is 5.19. The first-order valence-corrected chi connectivity index (χ1v) is 13.6. The highest BCUT2D eigenvalue weighted by molar-refractivity contribution is 8.49. The van der Waals surface area contributed by atoms with E-state index in [4.69, 9.17) is 0 Å². The maximum Gasteiger partial charge on any atom is 0.0718 e. The molecule has 0 bridgehead atoms. The molecule has 0 nitrogen and oxygen atoms in total. The van der Waals surface area contributed by atoms with Crippen LogP contribution in [0.25, 0.3) is 0 Å². The van der Waals surface area contributed by atoms with Crippen molar-refractivity contribution in [1.29, 1.82) is 0 Å². The lowest BCUT2D eigenvalue weighted by atomic mass is 10.4. The predicted octanol–water partition coefficient (Wildman–Crippen LogP) is 7.07. The maximum atomic E-state index is 2.08. The molecule has 4 aliphatic heterocycles. The van der Waals surface area contributed by atoms with Crippen LogP contribution in [0.2, 0.25) is 0 Å². The van der Waals surface area contributed by atoms with Gasteiger partial charge in [-0.15, -0.1) is 47.0 Å². The van der Waals surface area contributed by atoms with Crippen molar-refractivity contribution in [2.75, 3.05) is 23.0 Å². The Morgan fingerprint density at radius 1 is 0.400 bits per heavy atom. The van der Waals surface area contributed by atoms with E-state index < -0.39 is 0 Å². The Morgan fingerprint density at radius 3 is 1.20 bits per heavy atom. The molecule has 0 spiro atoms. The van der Waals surface area contributed by atoms with Gasteiger partial charge in [-0.3, -0.25) is 0 Å². The zero-order valence-electron chi connectivity index (χ0n) is 10.5. The quantitative estimate of drug-likeness (QED) is 0.409. The minimum atomic E-state index is 1.29. The maximum absolute atomic E-state index is 2.08. The summed E-state index contributed by atoms with van der Waals surface area (Å²) in [6.07, 6.45) is 2.76. The van der Waals surface area contributed by atoms with Gasteiger partial charge in [-0.2, -0.15) is 0 Å². The Morgan fingerprint density at radius 2 is 0.750 bits per heavy atom. The fourth-order valence-electron chi connectivity index (χ4n) is 1.88. The molecule has 0 amide bonds. The Bertz CT molecular complexity index is 478. The van der Waals surface area contributed by atoms with E-state index >= 15 is 0 Å². The lowest BCUT2D eigenvalue weighted by molar-refractivity contribution is 0.912. The molecule has 108 valence electrons. The van der Waals surface area contributed by atoms with Crippen molar-refractivity contribution in [1.82, 2.24) is 0 Å². The monoisotopic (exact) mass is 412 g/mol. The van der Waals surface area contributed by atoms with Gasteiger partial charge in [0.15, 0.2) is 0 Å². The summed E-state index contributed by atoms with van der Waals surface area (Å²) in [5, 5.41) is 0. The number of rotatable bonds is 0. The van der Waals surface area contributed by atoms with Gasteiger partial charge in [-0.25, -0.2) is 0 Å². The minimum Gasteiger partial charge on any atom is -0.118 e. The summed E-state index contributed by atoms with van der Waals surface area (Å²) in [6, 6.07) is 0. The van der Waals surface area contributed by atoms with E-state index in [0.717, 1.165) is 0 Å². The topological polar surface area (TPSA) is 0 Å². The van der Waals surface area contributed by atoms with Gasteiger partial charge in [0, 0.05) is 11.5 Å². The summed E-state index contributed by atoms with van der Waals surface area (Å²) >= 11 is 16.4. The highest BCUT2D eigenvalue weighted by atomic mass is 32.3. The largest absolute Gasteiger partial charge is 0.118 e. The zero-order chi connectivity index (χ0) is 13.4. The van der Waals surface area contributed by atoms with Gasteiger partial charge < -0.3 is 0 Å². The van der Waals surface area contributed by atoms with Crippen molar-refractivity contribution >= 4 is 94.1 Å². The lowest BCUT2D eigenvalue weighted by Gasteiger charge is -2.08. The average Bonchev–Trinajstić information content (AvgIpc) is 3.10. The third kappa shape index (κ3) is 3.42. The van der Waals surface area contributed by atoms with Gasteiger partial charge in [-0.1, -0.05) is 47.0 Å². The number of hydrogen-bond donors (Lipinski definition) is 0. The zero-order valence-corrected chi connectivity index (χ0v) is 17.0. The van der Waals surface area contributed by atoms with Crippen LogP contribution in [0.1, 0.15) is 12.8 Å². The molecular weight excluding hydrogens is 401 g/mol. The second-order valence-electron chi connectivity index (χ2n) is 4.23. The molecule has 4 rings (SSSR count). The van der Waals surface area contributed by atoms with Crippen LogP contribution in [0.15, 0.2) is 25.4 Å². The Kier molecular flexibility index (Phi) is 5.66. The molecule has 0 aromatic rings. The van der Waals surface area contributed by atoms with Gasteiger partial charge in [-0.05, 0) is 24.3 Å². The summed E-state index contributed by atoms with van der Waals surface area (Å²) in [6.45, 7) is 0. The van der Waals surface area contributed by atoms with Crippen molar-refractivity contribution in [3.63, 3.8) is 0 Å². The Labute approximate surface area is 154 Å². The van der Waals surface area contributed by atoms with Crippen molar-refractivity contribution in [3.8, 4) is 0 Å². The van der Waals surface area contributed by atoms with E-state index in [-0.39, 0.29) is 0 Å². The predicted molar refractivity (Wildman–Crippen MR) is 111 cm³/mol. The van der Waals surface area contributed by atoms with Crippen LogP contribution in [0.5, 0.6) is 0 Å². The fourth-order valence-corrected chi connectivity index (χ4v) is 14.2. The smallest absolute Gasteiger partial charge is 0.0718 e. The molecule has 4 aliphatic rings. The van der Waals surface area contributed by atoms with Crippen molar-refractivity contribution in [3.05, 3.63) is 25.4 Å². The third-order valence-corrected chi connectivity index (χ3v) is 14.8. The molecule has 0 radical (unpaired) electrons. The first-order chi connectivity index (χ1) is 9.90. The molecule has 0 aromatic heterocycles. The normalized spacial score (nSPS) is 27.6. The molecule has 0 aliphatic carbocycles. The summed E-state index contributed by atoms with van der Waals surface area (Å²) < 4.78 is 9.36. The van der Waals surface area contributed by atoms with Crippen LogP contribution in [0, 0.1) is 0 Å². The first kappa shape index (κ1) is 15.5. The standard InChI is InChI=1S/C12H12S8/c1-2-4-14-7(13-3-1)9-17-11-12(18-9)20-10(19-11)8-15-5-6-16-8/h1-6H2. The minimum absolute atomic E-state index is 1.29. The molecule has 4 heterocycles. The van der Waals surface area contributed by atoms with Gasteiger partial charge in [0.25, 0.3) is 0 Å². The molecule has 0 unspecified atom stereocenters. The molecule has 0 N–H and O–H groups in total. The molecular formula is C12H12S8. The van der Waals surface area contributed by atoms with Crippen molar-refractivity contribution in [2.24, 2.45) is 0 Å². The van der Waals surface area contributed by atoms with Crippen LogP contribution < -0.4 is 0 Å². The Hall–Kier alpha value is 2.02. The summed E-state index contributed by atoms with van der Waals surface area (Å²) in [4.78, 5) is 0. The van der Waals surface area contributed by atoms with Gasteiger partial charge in [0.05, 0.1) is 25.4 Å². The third-order valence-electron chi connectivity index (χ3n) is 2.80. The summed E-state index contributed by atoms with van der Waals surface area (Å²) in [7, 11) is 0. The molecule has 2 saturated heterocycles. The fraction of sp³-hybridized carbons (Fsp3) is 0.500. The highest BCUT2D eigenvalue weighted by Gasteiger charge is 2.34.